The fraction of sp³-hybridized carbons (Fsp3) is 0.0714. The minimum Gasteiger partial charge on any atom is -0.507 e. The van der Waals surface area contributed by atoms with Crippen molar-refractivity contribution >= 4 is 11.9 Å². The molecular formula is C14H12FNO2. The summed E-state index contributed by atoms with van der Waals surface area (Å²) in [5, 5.41) is 9.71. The average molecular weight is 245 g/mol. The highest BCUT2D eigenvalue weighted by Crippen LogP contribution is 2.22. The maximum Gasteiger partial charge on any atom is 0.128 e. The van der Waals surface area contributed by atoms with Crippen molar-refractivity contribution < 1.29 is 14.2 Å². The molecule has 2 aromatic rings. The molecule has 0 bridgehead atoms. The van der Waals surface area contributed by atoms with Gasteiger partial charge in [0.05, 0.1) is 12.8 Å². The fourth-order valence-corrected chi connectivity index (χ4v) is 1.43. The molecule has 0 saturated heterocycles. The van der Waals surface area contributed by atoms with Crippen molar-refractivity contribution in [1.82, 2.24) is 0 Å². The topological polar surface area (TPSA) is 41.8 Å². The van der Waals surface area contributed by atoms with Gasteiger partial charge in [0, 0.05) is 17.8 Å². The SMILES string of the molecule is COc1ccc(C=Nc2ccc(F)cc2)c(O)c1. The van der Waals surface area contributed by atoms with Gasteiger partial charge in [-0.1, -0.05) is 0 Å². The van der Waals surface area contributed by atoms with Crippen LogP contribution in [-0.2, 0) is 0 Å². The van der Waals surface area contributed by atoms with Crippen LogP contribution in [0, 0.1) is 5.82 Å². The van der Waals surface area contributed by atoms with E-state index in [0.717, 1.165) is 0 Å². The van der Waals surface area contributed by atoms with Gasteiger partial charge < -0.3 is 9.84 Å². The number of methoxy groups -OCH3 is 1. The van der Waals surface area contributed by atoms with Gasteiger partial charge in [0.2, 0.25) is 0 Å². The zero-order valence-electron chi connectivity index (χ0n) is 9.80. The highest BCUT2D eigenvalue weighted by Gasteiger charge is 2.00. The van der Waals surface area contributed by atoms with Gasteiger partial charge in [0.25, 0.3) is 0 Å². The third-order valence-corrected chi connectivity index (χ3v) is 2.42. The molecule has 92 valence electrons. The summed E-state index contributed by atoms with van der Waals surface area (Å²) in [6, 6.07) is 10.7. The van der Waals surface area contributed by atoms with Gasteiger partial charge in [-0.05, 0) is 36.4 Å². The van der Waals surface area contributed by atoms with E-state index in [4.69, 9.17) is 4.74 Å². The van der Waals surface area contributed by atoms with Crippen LogP contribution < -0.4 is 4.74 Å². The predicted molar refractivity (Wildman–Crippen MR) is 68.3 cm³/mol. The van der Waals surface area contributed by atoms with Gasteiger partial charge in [-0.15, -0.1) is 0 Å². The van der Waals surface area contributed by atoms with E-state index in [9.17, 15) is 9.50 Å². The van der Waals surface area contributed by atoms with Crippen LogP contribution >= 0.6 is 0 Å². The Morgan fingerprint density at radius 1 is 1.17 bits per heavy atom. The Bertz CT molecular complexity index is 565. The minimum absolute atomic E-state index is 0.0835. The smallest absolute Gasteiger partial charge is 0.128 e. The molecule has 0 aromatic heterocycles. The van der Waals surface area contributed by atoms with E-state index in [1.807, 2.05) is 0 Å². The summed E-state index contributed by atoms with van der Waals surface area (Å²) >= 11 is 0. The summed E-state index contributed by atoms with van der Waals surface area (Å²) in [6.45, 7) is 0. The highest BCUT2D eigenvalue weighted by molar-refractivity contribution is 5.85. The van der Waals surface area contributed by atoms with Gasteiger partial charge >= 0.3 is 0 Å². The van der Waals surface area contributed by atoms with Crippen LogP contribution in [0.4, 0.5) is 10.1 Å². The number of phenols is 1. The van der Waals surface area contributed by atoms with E-state index in [2.05, 4.69) is 4.99 Å². The summed E-state index contributed by atoms with van der Waals surface area (Å²) in [6.07, 6.45) is 1.52. The number of phenolic OH excluding ortho intramolecular Hbond substituents is 1. The summed E-state index contributed by atoms with van der Waals surface area (Å²) in [7, 11) is 1.53. The number of halogens is 1. The van der Waals surface area contributed by atoms with Crippen LogP contribution in [0.1, 0.15) is 5.56 Å². The van der Waals surface area contributed by atoms with Crippen LogP contribution in [0.2, 0.25) is 0 Å². The first kappa shape index (κ1) is 12.1. The van der Waals surface area contributed by atoms with Crippen molar-refractivity contribution in [3.05, 3.63) is 53.8 Å². The minimum atomic E-state index is -0.304. The lowest BCUT2D eigenvalue weighted by atomic mass is 10.2. The number of aromatic hydroxyl groups is 1. The number of nitrogens with zero attached hydrogens (tertiary/aromatic N) is 1. The van der Waals surface area contributed by atoms with Gasteiger partial charge in [0.1, 0.15) is 17.3 Å². The second-order valence-electron chi connectivity index (χ2n) is 3.66. The molecular weight excluding hydrogens is 233 g/mol. The van der Waals surface area contributed by atoms with Crippen LogP contribution in [0.3, 0.4) is 0 Å². The van der Waals surface area contributed by atoms with Gasteiger partial charge in [-0.25, -0.2) is 4.39 Å². The molecule has 0 saturated carbocycles. The van der Waals surface area contributed by atoms with Gasteiger partial charge in [0.15, 0.2) is 0 Å². The molecule has 0 fully saturated rings. The van der Waals surface area contributed by atoms with Crippen LogP contribution in [-0.4, -0.2) is 18.4 Å². The largest absolute Gasteiger partial charge is 0.507 e. The molecule has 2 rings (SSSR count). The number of hydrogen-bond acceptors (Lipinski definition) is 3. The van der Waals surface area contributed by atoms with Crippen LogP contribution in [0.15, 0.2) is 47.5 Å². The molecule has 0 aliphatic heterocycles. The molecule has 0 aliphatic rings. The molecule has 0 amide bonds. The van der Waals surface area contributed by atoms with E-state index in [1.165, 1.54) is 31.5 Å². The molecule has 0 unspecified atom stereocenters. The van der Waals surface area contributed by atoms with Gasteiger partial charge in [-0.3, -0.25) is 4.99 Å². The summed E-state index contributed by atoms with van der Waals surface area (Å²) < 4.78 is 17.7. The lowest BCUT2D eigenvalue weighted by molar-refractivity contribution is 0.407. The van der Waals surface area contributed by atoms with Crippen LogP contribution in [0.5, 0.6) is 11.5 Å². The number of benzene rings is 2. The molecule has 0 aliphatic carbocycles. The predicted octanol–water partition coefficient (Wildman–Crippen LogP) is 3.29. The Labute approximate surface area is 104 Å². The Morgan fingerprint density at radius 2 is 1.89 bits per heavy atom. The standard InChI is InChI=1S/C14H12FNO2/c1-18-13-7-2-10(14(17)8-13)9-16-12-5-3-11(15)4-6-12/h2-9,17H,1H3. The van der Waals surface area contributed by atoms with Crippen LogP contribution in [0.25, 0.3) is 0 Å². The Morgan fingerprint density at radius 3 is 2.50 bits per heavy atom. The molecule has 18 heavy (non-hydrogen) atoms. The normalized spacial score (nSPS) is 10.8. The van der Waals surface area contributed by atoms with Gasteiger partial charge in [-0.2, -0.15) is 0 Å². The van der Waals surface area contributed by atoms with E-state index in [1.54, 1.807) is 24.3 Å². The maximum absolute atomic E-state index is 12.7. The molecule has 0 heterocycles. The third kappa shape index (κ3) is 2.85. The van der Waals surface area contributed by atoms with E-state index in [-0.39, 0.29) is 11.6 Å². The van der Waals surface area contributed by atoms with E-state index >= 15 is 0 Å². The number of ether oxygens (including phenoxy) is 1. The second kappa shape index (κ2) is 5.31. The lowest BCUT2D eigenvalue weighted by Crippen LogP contribution is -1.86. The highest BCUT2D eigenvalue weighted by atomic mass is 19.1. The zero-order valence-corrected chi connectivity index (χ0v) is 9.80. The molecule has 2 aromatic carbocycles. The number of rotatable bonds is 3. The lowest BCUT2D eigenvalue weighted by Gasteiger charge is -2.02. The van der Waals surface area contributed by atoms with E-state index < -0.39 is 0 Å². The number of hydrogen-bond donors (Lipinski definition) is 1. The molecule has 3 nitrogen and oxygen atoms in total. The first-order chi connectivity index (χ1) is 8.69. The summed E-state index contributed by atoms with van der Waals surface area (Å²) in [5.74, 6) is 0.355. The van der Waals surface area contributed by atoms with Crippen molar-refractivity contribution in [3.63, 3.8) is 0 Å². The second-order valence-corrected chi connectivity index (χ2v) is 3.66. The molecule has 4 heteroatoms. The van der Waals surface area contributed by atoms with Crippen molar-refractivity contribution in [2.45, 2.75) is 0 Å². The summed E-state index contributed by atoms with van der Waals surface area (Å²) in [4.78, 5) is 4.14. The van der Waals surface area contributed by atoms with Crippen molar-refractivity contribution in [2.24, 2.45) is 4.99 Å². The van der Waals surface area contributed by atoms with E-state index in [0.29, 0.717) is 17.0 Å². The Hall–Kier alpha value is -2.36. The Kier molecular flexibility index (Phi) is 3.57. The first-order valence-corrected chi connectivity index (χ1v) is 5.35. The zero-order chi connectivity index (χ0) is 13.0. The quantitative estimate of drug-likeness (QED) is 0.843. The molecule has 0 spiro atoms. The first-order valence-electron chi connectivity index (χ1n) is 5.35. The number of aliphatic imine (C=N–C) groups is 1. The molecule has 0 radical (unpaired) electrons. The molecule has 1 N–H and O–H groups in total. The third-order valence-electron chi connectivity index (χ3n) is 2.42. The van der Waals surface area contributed by atoms with Crippen molar-refractivity contribution in [3.8, 4) is 11.5 Å². The monoisotopic (exact) mass is 245 g/mol. The molecule has 0 atom stereocenters. The van der Waals surface area contributed by atoms with Crippen molar-refractivity contribution in [1.29, 1.82) is 0 Å². The fourth-order valence-electron chi connectivity index (χ4n) is 1.43. The maximum atomic E-state index is 12.7. The Balaban J connectivity index is 2.20. The summed E-state index contributed by atoms with van der Waals surface area (Å²) in [5.41, 5.74) is 1.19. The van der Waals surface area contributed by atoms with Crippen molar-refractivity contribution in [2.75, 3.05) is 7.11 Å². The average Bonchev–Trinajstić information content (AvgIpc) is 2.39.